The molecule has 2 aromatic carbocycles. The summed E-state index contributed by atoms with van der Waals surface area (Å²) in [4.78, 5) is 26.6. The third-order valence-electron chi connectivity index (χ3n) is 5.68. The summed E-state index contributed by atoms with van der Waals surface area (Å²) in [5.74, 6) is 0.0960. The number of piperidine rings is 1. The van der Waals surface area contributed by atoms with Crippen molar-refractivity contribution in [3.8, 4) is 5.75 Å². The Hall–Kier alpha value is -2.91. The van der Waals surface area contributed by atoms with E-state index in [4.69, 9.17) is 4.74 Å². The molecule has 2 aromatic rings. The molecule has 0 bridgehead atoms. The van der Waals surface area contributed by atoms with E-state index < -0.39 is 10.0 Å². The number of rotatable bonds is 6. The predicted octanol–water partition coefficient (Wildman–Crippen LogP) is 3.25. The lowest BCUT2D eigenvalue weighted by Gasteiger charge is -2.29. The lowest BCUT2D eigenvalue weighted by Crippen LogP contribution is -2.39. The Kier molecular flexibility index (Phi) is 6.48. The number of nitrogens with one attached hydrogen (secondary N) is 1. The van der Waals surface area contributed by atoms with Crippen molar-refractivity contribution >= 4 is 33.2 Å². The summed E-state index contributed by atoms with van der Waals surface area (Å²) in [5.41, 5.74) is 1.57. The van der Waals surface area contributed by atoms with Crippen LogP contribution in [0.2, 0.25) is 0 Å². The second-order valence-corrected chi connectivity index (χ2v) is 9.90. The maximum atomic E-state index is 12.8. The Morgan fingerprint density at radius 2 is 1.78 bits per heavy atom. The van der Waals surface area contributed by atoms with E-state index in [2.05, 4.69) is 5.32 Å². The van der Waals surface area contributed by atoms with E-state index in [1.807, 2.05) is 6.92 Å². The molecule has 0 aromatic heterocycles. The van der Waals surface area contributed by atoms with Crippen molar-refractivity contribution in [1.29, 1.82) is 0 Å². The number of sulfonamides is 1. The molecule has 2 amide bonds. The van der Waals surface area contributed by atoms with Crippen LogP contribution in [-0.4, -0.2) is 50.8 Å². The van der Waals surface area contributed by atoms with E-state index >= 15 is 0 Å². The number of carbonyl (C=O) groups is 2. The van der Waals surface area contributed by atoms with Crippen LogP contribution in [0.1, 0.15) is 43.0 Å². The number of nitrogens with zero attached hydrogens (tertiary/aromatic N) is 2. The van der Waals surface area contributed by atoms with Crippen LogP contribution in [-0.2, 0) is 14.8 Å². The minimum absolute atomic E-state index is 0.0304. The number of amides is 2. The molecule has 0 radical (unpaired) electrons. The first-order chi connectivity index (χ1) is 15.4. The van der Waals surface area contributed by atoms with Crippen molar-refractivity contribution < 1.29 is 22.7 Å². The zero-order valence-electron chi connectivity index (χ0n) is 18.0. The highest BCUT2D eigenvalue weighted by molar-refractivity contribution is 7.89. The van der Waals surface area contributed by atoms with Crippen LogP contribution in [0.4, 0.5) is 11.4 Å². The van der Waals surface area contributed by atoms with E-state index in [-0.39, 0.29) is 23.3 Å². The molecule has 2 aliphatic heterocycles. The van der Waals surface area contributed by atoms with Gasteiger partial charge in [0.15, 0.2) is 6.61 Å². The fourth-order valence-electron chi connectivity index (χ4n) is 3.99. The summed E-state index contributed by atoms with van der Waals surface area (Å²) < 4.78 is 32.6. The number of hydrogen-bond acceptors (Lipinski definition) is 5. The van der Waals surface area contributed by atoms with Gasteiger partial charge < -0.3 is 15.0 Å². The molecule has 0 unspecified atom stereocenters. The lowest BCUT2D eigenvalue weighted by atomic mass is 10.1. The van der Waals surface area contributed by atoms with Crippen molar-refractivity contribution in [3.05, 3.63) is 48.0 Å². The first-order valence-electron chi connectivity index (χ1n) is 10.9. The number of hydrogen-bond donors (Lipinski definition) is 1. The van der Waals surface area contributed by atoms with Crippen LogP contribution in [0.25, 0.3) is 0 Å². The van der Waals surface area contributed by atoms with Crippen molar-refractivity contribution in [2.75, 3.05) is 36.5 Å². The molecule has 4 rings (SSSR count). The van der Waals surface area contributed by atoms with Crippen molar-refractivity contribution in [2.45, 2.75) is 37.5 Å². The van der Waals surface area contributed by atoms with Gasteiger partial charge in [-0.15, -0.1) is 0 Å². The molecule has 2 heterocycles. The molecule has 0 atom stereocenters. The maximum absolute atomic E-state index is 12.8. The first-order valence-corrected chi connectivity index (χ1v) is 12.3. The van der Waals surface area contributed by atoms with Crippen molar-refractivity contribution in [1.82, 2.24) is 4.31 Å². The van der Waals surface area contributed by atoms with Crippen LogP contribution in [0, 0.1) is 0 Å². The Bertz CT molecular complexity index is 1110. The monoisotopic (exact) mass is 457 g/mol. The minimum atomic E-state index is -3.54. The largest absolute Gasteiger partial charge is 0.481 e. The number of carbonyl (C=O) groups excluding carboxylic acids is 2. The van der Waals surface area contributed by atoms with Crippen LogP contribution in [0.5, 0.6) is 5.75 Å². The zero-order valence-corrected chi connectivity index (χ0v) is 18.9. The number of fused-ring (bicyclic) bond motifs is 1. The highest BCUT2D eigenvalue weighted by Crippen LogP contribution is 2.34. The molecule has 0 spiro atoms. The molecule has 1 saturated heterocycles. The van der Waals surface area contributed by atoms with Crippen molar-refractivity contribution in [2.24, 2.45) is 0 Å². The fraction of sp³-hybridized carbons (Fsp3) is 0.391. The zero-order chi connectivity index (χ0) is 22.7. The average molecular weight is 458 g/mol. The van der Waals surface area contributed by atoms with Crippen LogP contribution in [0.15, 0.2) is 47.4 Å². The summed E-state index contributed by atoms with van der Waals surface area (Å²) in [5, 5.41) is 2.81. The lowest BCUT2D eigenvalue weighted by molar-refractivity contribution is -0.121. The molecule has 9 heteroatoms. The minimum Gasteiger partial charge on any atom is -0.481 e. The third kappa shape index (κ3) is 4.49. The van der Waals surface area contributed by atoms with Gasteiger partial charge in [0.05, 0.1) is 10.6 Å². The number of ether oxygens (including phenoxy) is 1. The van der Waals surface area contributed by atoms with Crippen LogP contribution in [0.3, 0.4) is 0 Å². The van der Waals surface area contributed by atoms with Gasteiger partial charge in [0.1, 0.15) is 5.75 Å². The summed E-state index contributed by atoms with van der Waals surface area (Å²) >= 11 is 0. The van der Waals surface area contributed by atoms with Crippen LogP contribution >= 0.6 is 0 Å². The van der Waals surface area contributed by atoms with E-state index in [1.165, 1.54) is 28.6 Å². The summed E-state index contributed by atoms with van der Waals surface area (Å²) in [6.07, 6.45) is 3.61. The number of benzene rings is 2. The second kappa shape index (κ2) is 9.30. The van der Waals surface area contributed by atoms with Gasteiger partial charge in [0, 0.05) is 37.0 Å². The quantitative estimate of drug-likeness (QED) is 0.718. The molecule has 32 heavy (non-hydrogen) atoms. The summed E-state index contributed by atoms with van der Waals surface area (Å²) in [6, 6.07) is 11.2. The van der Waals surface area contributed by atoms with E-state index in [0.29, 0.717) is 42.3 Å². The molecule has 8 nitrogen and oxygen atoms in total. The summed E-state index contributed by atoms with van der Waals surface area (Å²) in [6.45, 7) is 3.64. The van der Waals surface area contributed by atoms with E-state index in [0.717, 1.165) is 25.7 Å². The SMILES string of the molecule is CCCN1C(=O)COc2cc(NC(=O)c3ccc(S(=O)(=O)N4CCCCC4)cc3)ccc21. The molecule has 170 valence electrons. The van der Waals surface area contributed by atoms with E-state index in [9.17, 15) is 18.0 Å². The highest BCUT2D eigenvalue weighted by atomic mass is 32.2. The van der Waals surface area contributed by atoms with Crippen LogP contribution < -0.4 is 15.0 Å². The molecule has 2 aliphatic rings. The normalized spacial score (nSPS) is 16.9. The Morgan fingerprint density at radius 1 is 1.06 bits per heavy atom. The van der Waals surface area contributed by atoms with Crippen molar-refractivity contribution in [3.63, 3.8) is 0 Å². The molecular weight excluding hydrogens is 430 g/mol. The number of anilines is 2. The van der Waals surface area contributed by atoms with Gasteiger partial charge in [-0.2, -0.15) is 4.31 Å². The fourth-order valence-corrected chi connectivity index (χ4v) is 5.50. The van der Waals surface area contributed by atoms with Gasteiger partial charge in [-0.1, -0.05) is 13.3 Å². The molecule has 1 fully saturated rings. The standard InChI is InChI=1S/C23H27N3O5S/c1-2-12-26-20-11-8-18(15-21(20)31-16-22(26)27)24-23(28)17-6-9-19(10-7-17)32(29,30)25-13-4-3-5-14-25/h6-11,15H,2-5,12-14,16H2,1H3,(H,24,28). The predicted molar refractivity (Wildman–Crippen MR) is 122 cm³/mol. The van der Waals surface area contributed by atoms with Gasteiger partial charge in [0.2, 0.25) is 10.0 Å². The smallest absolute Gasteiger partial charge is 0.265 e. The second-order valence-electron chi connectivity index (χ2n) is 7.96. The Labute approximate surface area is 188 Å². The third-order valence-corrected chi connectivity index (χ3v) is 7.59. The van der Waals surface area contributed by atoms with Gasteiger partial charge in [0.25, 0.3) is 11.8 Å². The van der Waals surface area contributed by atoms with E-state index in [1.54, 1.807) is 23.1 Å². The molecular formula is C23H27N3O5S. The maximum Gasteiger partial charge on any atom is 0.265 e. The molecule has 1 N–H and O–H groups in total. The van der Waals surface area contributed by atoms with Gasteiger partial charge in [-0.3, -0.25) is 9.59 Å². The topological polar surface area (TPSA) is 96.0 Å². The van der Waals surface area contributed by atoms with Gasteiger partial charge >= 0.3 is 0 Å². The summed E-state index contributed by atoms with van der Waals surface area (Å²) in [7, 11) is -3.54. The molecule has 0 saturated carbocycles. The average Bonchev–Trinajstić information content (AvgIpc) is 2.81. The molecule has 0 aliphatic carbocycles. The van der Waals surface area contributed by atoms with Gasteiger partial charge in [-0.25, -0.2) is 8.42 Å². The first kappa shape index (κ1) is 22.3. The Morgan fingerprint density at radius 3 is 2.47 bits per heavy atom. The highest BCUT2D eigenvalue weighted by Gasteiger charge is 2.27. The Balaban J connectivity index is 1.47. The van der Waals surface area contributed by atoms with Gasteiger partial charge in [-0.05, 0) is 55.7 Å².